The lowest BCUT2D eigenvalue weighted by molar-refractivity contribution is 0.0820. The molecule has 1 saturated carbocycles. The van der Waals surface area contributed by atoms with Crippen LogP contribution in [0.3, 0.4) is 0 Å². The van der Waals surface area contributed by atoms with Gasteiger partial charge in [0.05, 0.1) is 0 Å². The Kier molecular flexibility index (Phi) is 3.96. The van der Waals surface area contributed by atoms with Crippen LogP contribution in [-0.4, -0.2) is 16.4 Å². The van der Waals surface area contributed by atoms with E-state index in [0.717, 1.165) is 24.8 Å². The number of nitrogens with one attached hydrogen (secondary N) is 1. The van der Waals surface area contributed by atoms with Crippen LogP contribution in [0.5, 0.6) is 0 Å². The normalized spacial score (nSPS) is 16.1. The lowest BCUT2D eigenvalue weighted by atomic mass is 9.72. The maximum atomic E-state index is 13.3. The Hall–Kier alpha value is -2.17. The number of aryl methyl sites for hydroxylation is 1. The lowest BCUT2D eigenvalue weighted by Crippen LogP contribution is -2.55. The molecular weight excluding hydrogens is 283 g/mol. The Balaban J connectivity index is 1.75. The average Bonchev–Trinajstić information content (AvgIpc) is 2.93. The van der Waals surface area contributed by atoms with Gasteiger partial charge in [0.2, 0.25) is 0 Å². The Morgan fingerprint density at radius 3 is 2.91 bits per heavy atom. The zero-order valence-corrected chi connectivity index (χ0v) is 12.6. The fourth-order valence-corrected chi connectivity index (χ4v) is 2.99. The van der Waals surface area contributed by atoms with E-state index in [2.05, 4.69) is 10.3 Å². The predicted molar refractivity (Wildman–Crippen MR) is 80.0 cm³/mol. The molecule has 1 aliphatic carbocycles. The molecule has 2 aromatic rings. The maximum Gasteiger partial charge on any atom is 0.273 e. The van der Waals surface area contributed by atoms with Gasteiger partial charge in [0.1, 0.15) is 11.6 Å². The number of benzene rings is 1. The van der Waals surface area contributed by atoms with E-state index in [1.807, 2.05) is 13.0 Å². The van der Waals surface area contributed by atoms with Crippen molar-refractivity contribution in [3.8, 4) is 0 Å². The fourth-order valence-electron chi connectivity index (χ4n) is 2.99. The summed E-state index contributed by atoms with van der Waals surface area (Å²) >= 11 is 0. The molecule has 1 amide bonds. The average molecular weight is 302 g/mol. The Morgan fingerprint density at radius 1 is 1.45 bits per heavy atom. The SMILES string of the molecule is CCc1ocnc1C(=O)NC1(Cc2cccc(F)c2)CCC1. The third kappa shape index (κ3) is 2.89. The van der Waals surface area contributed by atoms with Crippen molar-refractivity contribution >= 4 is 5.91 Å². The first kappa shape index (κ1) is 14.8. The summed E-state index contributed by atoms with van der Waals surface area (Å²) in [7, 11) is 0. The van der Waals surface area contributed by atoms with E-state index in [0.29, 0.717) is 24.3 Å². The van der Waals surface area contributed by atoms with Crippen molar-refractivity contribution in [2.45, 2.75) is 44.6 Å². The van der Waals surface area contributed by atoms with E-state index in [4.69, 9.17) is 4.42 Å². The van der Waals surface area contributed by atoms with Crippen LogP contribution in [0, 0.1) is 5.82 Å². The number of nitrogens with zero attached hydrogens (tertiary/aromatic N) is 1. The number of rotatable bonds is 5. The minimum Gasteiger partial charge on any atom is -0.448 e. The van der Waals surface area contributed by atoms with Gasteiger partial charge < -0.3 is 9.73 Å². The predicted octanol–water partition coefficient (Wildman–Crippen LogP) is 3.27. The molecule has 0 bridgehead atoms. The van der Waals surface area contributed by atoms with Crippen LogP contribution in [0.15, 0.2) is 35.1 Å². The highest BCUT2D eigenvalue weighted by Crippen LogP contribution is 2.35. The summed E-state index contributed by atoms with van der Waals surface area (Å²) in [5.74, 6) is 0.141. The summed E-state index contributed by atoms with van der Waals surface area (Å²) in [6.07, 6.45) is 5.42. The van der Waals surface area contributed by atoms with E-state index in [-0.39, 0.29) is 17.3 Å². The van der Waals surface area contributed by atoms with Crippen molar-refractivity contribution < 1.29 is 13.6 Å². The first-order chi connectivity index (χ1) is 10.6. The summed E-state index contributed by atoms with van der Waals surface area (Å²) in [5, 5.41) is 3.09. The first-order valence-corrected chi connectivity index (χ1v) is 7.61. The molecule has 1 N–H and O–H groups in total. The van der Waals surface area contributed by atoms with Gasteiger partial charge in [-0.25, -0.2) is 9.37 Å². The van der Waals surface area contributed by atoms with Crippen molar-refractivity contribution in [3.63, 3.8) is 0 Å². The molecule has 5 heteroatoms. The summed E-state index contributed by atoms with van der Waals surface area (Å²) in [4.78, 5) is 16.5. The largest absolute Gasteiger partial charge is 0.448 e. The molecule has 1 aliphatic rings. The number of aromatic nitrogens is 1. The number of amides is 1. The molecule has 0 radical (unpaired) electrons. The van der Waals surface area contributed by atoms with Crippen LogP contribution in [0.1, 0.15) is 48.0 Å². The quantitative estimate of drug-likeness (QED) is 0.922. The second kappa shape index (κ2) is 5.91. The van der Waals surface area contributed by atoms with E-state index in [9.17, 15) is 9.18 Å². The topological polar surface area (TPSA) is 55.1 Å². The van der Waals surface area contributed by atoms with Crippen LogP contribution >= 0.6 is 0 Å². The Labute approximate surface area is 128 Å². The van der Waals surface area contributed by atoms with Gasteiger partial charge in [-0.1, -0.05) is 19.1 Å². The molecule has 4 nitrogen and oxygen atoms in total. The number of halogens is 1. The van der Waals surface area contributed by atoms with Gasteiger partial charge in [0.25, 0.3) is 5.91 Å². The van der Waals surface area contributed by atoms with Gasteiger partial charge in [-0.3, -0.25) is 4.79 Å². The van der Waals surface area contributed by atoms with Crippen molar-refractivity contribution in [1.82, 2.24) is 10.3 Å². The summed E-state index contributed by atoms with van der Waals surface area (Å²) < 4.78 is 18.6. The van der Waals surface area contributed by atoms with Gasteiger partial charge in [0.15, 0.2) is 12.1 Å². The zero-order valence-electron chi connectivity index (χ0n) is 12.6. The van der Waals surface area contributed by atoms with Crippen molar-refractivity contribution in [1.29, 1.82) is 0 Å². The molecule has 1 aromatic carbocycles. The second-order valence-electron chi connectivity index (χ2n) is 5.87. The fraction of sp³-hybridized carbons (Fsp3) is 0.412. The van der Waals surface area contributed by atoms with E-state index in [1.54, 1.807) is 6.07 Å². The van der Waals surface area contributed by atoms with Crippen LogP contribution in [-0.2, 0) is 12.8 Å². The van der Waals surface area contributed by atoms with Crippen molar-refractivity contribution in [2.24, 2.45) is 0 Å². The monoisotopic (exact) mass is 302 g/mol. The van der Waals surface area contributed by atoms with Gasteiger partial charge >= 0.3 is 0 Å². The molecular formula is C17H19FN2O2. The highest BCUT2D eigenvalue weighted by atomic mass is 19.1. The zero-order chi connectivity index (χ0) is 15.6. The van der Waals surface area contributed by atoms with E-state index >= 15 is 0 Å². The van der Waals surface area contributed by atoms with Gasteiger partial charge in [0, 0.05) is 12.0 Å². The van der Waals surface area contributed by atoms with Crippen molar-refractivity contribution in [3.05, 3.63) is 53.5 Å². The number of carbonyl (C=O) groups is 1. The molecule has 0 unspecified atom stereocenters. The summed E-state index contributed by atoms with van der Waals surface area (Å²) in [6, 6.07) is 6.55. The molecule has 3 rings (SSSR count). The minimum atomic E-state index is -0.297. The summed E-state index contributed by atoms with van der Waals surface area (Å²) in [6.45, 7) is 1.92. The van der Waals surface area contributed by atoms with Crippen LogP contribution in [0.4, 0.5) is 4.39 Å². The molecule has 0 atom stereocenters. The maximum absolute atomic E-state index is 13.3. The van der Waals surface area contributed by atoms with Gasteiger partial charge in [-0.2, -0.15) is 0 Å². The number of carbonyl (C=O) groups excluding carboxylic acids is 1. The van der Waals surface area contributed by atoms with Gasteiger partial charge in [-0.15, -0.1) is 0 Å². The highest BCUT2D eigenvalue weighted by molar-refractivity contribution is 5.93. The molecule has 0 spiro atoms. The number of hydrogen-bond acceptors (Lipinski definition) is 3. The standard InChI is InChI=1S/C17H19FN2O2/c1-2-14-15(19-11-22-14)16(21)20-17(7-4-8-17)10-12-5-3-6-13(18)9-12/h3,5-6,9,11H,2,4,7-8,10H2,1H3,(H,20,21). The molecule has 1 heterocycles. The minimum absolute atomic E-state index is 0.207. The van der Waals surface area contributed by atoms with Crippen LogP contribution < -0.4 is 5.32 Å². The third-order valence-corrected chi connectivity index (χ3v) is 4.30. The summed E-state index contributed by atoms with van der Waals surface area (Å²) in [5.41, 5.74) is 0.957. The van der Waals surface area contributed by atoms with Crippen LogP contribution in [0.2, 0.25) is 0 Å². The molecule has 116 valence electrons. The number of oxazole rings is 1. The van der Waals surface area contributed by atoms with Gasteiger partial charge in [-0.05, 0) is 43.4 Å². The second-order valence-corrected chi connectivity index (χ2v) is 5.87. The van der Waals surface area contributed by atoms with E-state index in [1.165, 1.54) is 18.5 Å². The molecule has 1 aromatic heterocycles. The van der Waals surface area contributed by atoms with Crippen molar-refractivity contribution in [2.75, 3.05) is 0 Å². The first-order valence-electron chi connectivity index (χ1n) is 7.61. The number of hydrogen-bond donors (Lipinski definition) is 1. The van der Waals surface area contributed by atoms with E-state index < -0.39 is 0 Å². The molecule has 0 aliphatic heterocycles. The van der Waals surface area contributed by atoms with Crippen LogP contribution in [0.25, 0.3) is 0 Å². The molecule has 0 saturated heterocycles. The molecule has 1 fully saturated rings. The molecule has 22 heavy (non-hydrogen) atoms. The Bertz CT molecular complexity index is 677. The lowest BCUT2D eigenvalue weighted by Gasteiger charge is -2.42. The Morgan fingerprint density at radius 2 is 2.27 bits per heavy atom. The highest BCUT2D eigenvalue weighted by Gasteiger charge is 2.39. The smallest absolute Gasteiger partial charge is 0.273 e. The third-order valence-electron chi connectivity index (χ3n) is 4.30.